The Morgan fingerprint density at radius 3 is 2.39 bits per heavy atom. The lowest BCUT2D eigenvalue weighted by Gasteiger charge is -2.09. The molecule has 0 spiro atoms. The maximum absolute atomic E-state index is 12.8. The standard InChI is InChI=1S/C26H21N3O2/c1-18-10-11-27-22(14-18)25(31)17-24(30)20-8-5-9-21(16-20)26-23(28-12-13-29-26)15-19-6-3-2-4-7-19/h2-14,16H,15,17H2,1H3. The minimum Gasteiger partial charge on any atom is -0.294 e. The van der Waals surface area contributed by atoms with Gasteiger partial charge in [0.2, 0.25) is 0 Å². The first-order valence-electron chi connectivity index (χ1n) is 10.0. The van der Waals surface area contributed by atoms with E-state index >= 15 is 0 Å². The Hall–Kier alpha value is -3.99. The summed E-state index contributed by atoms with van der Waals surface area (Å²) < 4.78 is 0. The lowest BCUT2D eigenvalue weighted by Crippen LogP contribution is -2.10. The van der Waals surface area contributed by atoms with Gasteiger partial charge in [-0.3, -0.25) is 24.5 Å². The van der Waals surface area contributed by atoms with E-state index in [1.807, 2.05) is 49.4 Å². The zero-order valence-electron chi connectivity index (χ0n) is 17.2. The molecule has 31 heavy (non-hydrogen) atoms. The van der Waals surface area contributed by atoms with Crippen LogP contribution in [0.25, 0.3) is 11.3 Å². The van der Waals surface area contributed by atoms with Crippen molar-refractivity contribution in [2.75, 3.05) is 0 Å². The minimum atomic E-state index is -0.289. The van der Waals surface area contributed by atoms with E-state index in [0.29, 0.717) is 17.7 Å². The van der Waals surface area contributed by atoms with E-state index in [1.165, 1.54) is 0 Å². The number of rotatable bonds is 7. The molecule has 0 aliphatic rings. The summed E-state index contributed by atoms with van der Waals surface area (Å²) in [5.41, 5.74) is 5.20. The van der Waals surface area contributed by atoms with Crippen LogP contribution in [-0.2, 0) is 6.42 Å². The molecule has 0 fully saturated rings. The molecular weight excluding hydrogens is 386 g/mol. The van der Waals surface area contributed by atoms with Crippen molar-refractivity contribution in [3.05, 3.63) is 113 Å². The Balaban J connectivity index is 1.58. The molecular formula is C26H21N3O2. The van der Waals surface area contributed by atoms with Crippen LogP contribution < -0.4 is 0 Å². The second-order valence-corrected chi connectivity index (χ2v) is 7.34. The van der Waals surface area contributed by atoms with Crippen molar-refractivity contribution in [3.63, 3.8) is 0 Å². The third-order valence-electron chi connectivity index (χ3n) is 4.97. The van der Waals surface area contributed by atoms with E-state index in [0.717, 1.165) is 28.1 Å². The average Bonchev–Trinajstić information content (AvgIpc) is 2.80. The van der Waals surface area contributed by atoms with E-state index in [-0.39, 0.29) is 18.0 Å². The average molecular weight is 407 g/mol. The zero-order valence-corrected chi connectivity index (χ0v) is 17.2. The first-order valence-corrected chi connectivity index (χ1v) is 10.0. The van der Waals surface area contributed by atoms with Crippen molar-refractivity contribution < 1.29 is 9.59 Å². The molecule has 5 heteroatoms. The molecule has 0 unspecified atom stereocenters. The highest BCUT2D eigenvalue weighted by Crippen LogP contribution is 2.23. The number of nitrogens with zero attached hydrogens (tertiary/aromatic N) is 3. The van der Waals surface area contributed by atoms with Gasteiger partial charge in [0.25, 0.3) is 0 Å². The predicted octanol–water partition coefficient (Wildman–Crippen LogP) is 4.89. The second kappa shape index (κ2) is 9.22. The van der Waals surface area contributed by atoms with E-state index in [2.05, 4.69) is 15.0 Å². The Labute approximate surface area is 180 Å². The van der Waals surface area contributed by atoms with Gasteiger partial charge >= 0.3 is 0 Å². The summed E-state index contributed by atoms with van der Waals surface area (Å²) >= 11 is 0. The Morgan fingerprint density at radius 1 is 0.774 bits per heavy atom. The van der Waals surface area contributed by atoms with Crippen molar-refractivity contribution in [3.8, 4) is 11.3 Å². The van der Waals surface area contributed by atoms with Crippen LogP contribution in [0.3, 0.4) is 0 Å². The van der Waals surface area contributed by atoms with Crippen LogP contribution in [0.5, 0.6) is 0 Å². The topological polar surface area (TPSA) is 72.8 Å². The highest BCUT2D eigenvalue weighted by molar-refractivity contribution is 6.13. The van der Waals surface area contributed by atoms with Crippen molar-refractivity contribution in [1.82, 2.24) is 15.0 Å². The first-order chi connectivity index (χ1) is 15.1. The van der Waals surface area contributed by atoms with Gasteiger partial charge in [-0.1, -0.05) is 48.5 Å². The highest BCUT2D eigenvalue weighted by Gasteiger charge is 2.16. The second-order valence-electron chi connectivity index (χ2n) is 7.34. The number of carbonyl (C=O) groups is 2. The Kier molecular flexibility index (Phi) is 6.03. The van der Waals surface area contributed by atoms with Gasteiger partial charge in [0.05, 0.1) is 17.8 Å². The number of carbonyl (C=O) groups excluding carboxylic acids is 2. The third-order valence-corrected chi connectivity index (χ3v) is 4.97. The smallest absolute Gasteiger partial charge is 0.188 e. The fourth-order valence-corrected chi connectivity index (χ4v) is 3.39. The number of Topliss-reactive ketones (excluding diaryl/α,β-unsaturated/α-hetero) is 2. The molecule has 0 bridgehead atoms. The predicted molar refractivity (Wildman–Crippen MR) is 119 cm³/mol. The quantitative estimate of drug-likeness (QED) is 0.322. The van der Waals surface area contributed by atoms with Gasteiger partial charge in [-0.2, -0.15) is 0 Å². The van der Waals surface area contributed by atoms with E-state index in [9.17, 15) is 9.59 Å². The lowest BCUT2D eigenvalue weighted by atomic mass is 9.98. The summed E-state index contributed by atoms with van der Waals surface area (Å²) in [4.78, 5) is 38.4. The molecule has 0 N–H and O–H groups in total. The van der Waals surface area contributed by atoms with E-state index in [4.69, 9.17) is 0 Å². The van der Waals surface area contributed by atoms with Gasteiger partial charge in [0, 0.05) is 36.1 Å². The number of pyridine rings is 1. The molecule has 4 rings (SSSR count). The molecule has 0 saturated carbocycles. The summed E-state index contributed by atoms with van der Waals surface area (Å²) in [6, 6.07) is 20.8. The fraction of sp³-hybridized carbons (Fsp3) is 0.115. The van der Waals surface area contributed by atoms with Gasteiger partial charge < -0.3 is 0 Å². The van der Waals surface area contributed by atoms with Crippen LogP contribution in [-0.4, -0.2) is 26.5 Å². The summed E-state index contributed by atoms with van der Waals surface area (Å²) in [5, 5.41) is 0. The van der Waals surface area contributed by atoms with Crippen LogP contribution in [0.1, 0.15) is 44.1 Å². The van der Waals surface area contributed by atoms with Gasteiger partial charge in [0.15, 0.2) is 11.6 Å². The molecule has 0 radical (unpaired) electrons. The first kappa shape index (κ1) is 20.3. The molecule has 0 atom stereocenters. The molecule has 0 amide bonds. The molecule has 2 aromatic carbocycles. The monoisotopic (exact) mass is 407 g/mol. The Bertz CT molecular complexity index is 1240. The van der Waals surface area contributed by atoms with Gasteiger partial charge in [-0.25, -0.2) is 0 Å². The number of ketones is 2. The zero-order chi connectivity index (χ0) is 21.6. The van der Waals surface area contributed by atoms with Gasteiger partial charge in [0.1, 0.15) is 5.69 Å². The van der Waals surface area contributed by atoms with Crippen LogP contribution in [0.4, 0.5) is 0 Å². The summed E-state index contributed by atoms with van der Waals surface area (Å²) in [6.45, 7) is 1.89. The molecule has 0 saturated heterocycles. The van der Waals surface area contributed by atoms with Gasteiger partial charge in [-0.05, 0) is 36.2 Å². The molecule has 0 aliphatic carbocycles. The number of hydrogen-bond acceptors (Lipinski definition) is 5. The lowest BCUT2D eigenvalue weighted by molar-refractivity contribution is 0.0891. The summed E-state index contributed by atoms with van der Waals surface area (Å²) in [6.07, 6.45) is 5.31. The normalized spacial score (nSPS) is 10.6. The van der Waals surface area contributed by atoms with E-state index in [1.54, 1.807) is 42.9 Å². The summed E-state index contributed by atoms with van der Waals surface area (Å²) in [5.74, 6) is -0.535. The minimum absolute atomic E-state index is 0.225. The van der Waals surface area contributed by atoms with Crippen LogP contribution >= 0.6 is 0 Å². The van der Waals surface area contributed by atoms with Crippen molar-refractivity contribution in [2.24, 2.45) is 0 Å². The third kappa shape index (κ3) is 4.95. The van der Waals surface area contributed by atoms with Crippen LogP contribution in [0.2, 0.25) is 0 Å². The maximum Gasteiger partial charge on any atom is 0.188 e. The number of hydrogen-bond donors (Lipinski definition) is 0. The Morgan fingerprint density at radius 2 is 1.58 bits per heavy atom. The van der Waals surface area contributed by atoms with Gasteiger partial charge in [-0.15, -0.1) is 0 Å². The molecule has 0 aliphatic heterocycles. The maximum atomic E-state index is 12.8. The number of aryl methyl sites for hydroxylation is 1. The molecule has 2 aromatic heterocycles. The van der Waals surface area contributed by atoms with Crippen LogP contribution in [0, 0.1) is 6.92 Å². The van der Waals surface area contributed by atoms with Crippen molar-refractivity contribution in [2.45, 2.75) is 19.8 Å². The molecule has 4 aromatic rings. The summed E-state index contributed by atoms with van der Waals surface area (Å²) in [7, 11) is 0. The van der Waals surface area contributed by atoms with Crippen LogP contribution in [0.15, 0.2) is 85.3 Å². The largest absolute Gasteiger partial charge is 0.294 e. The highest BCUT2D eigenvalue weighted by atomic mass is 16.1. The van der Waals surface area contributed by atoms with Crippen molar-refractivity contribution >= 4 is 11.6 Å². The number of benzene rings is 2. The van der Waals surface area contributed by atoms with E-state index < -0.39 is 0 Å². The SMILES string of the molecule is Cc1ccnc(C(=O)CC(=O)c2cccc(-c3nccnc3Cc3ccccc3)c2)c1. The number of aromatic nitrogens is 3. The van der Waals surface area contributed by atoms with Crippen molar-refractivity contribution in [1.29, 1.82) is 0 Å². The fourth-order valence-electron chi connectivity index (χ4n) is 3.39. The molecule has 2 heterocycles. The molecule has 152 valence electrons. The molecule has 5 nitrogen and oxygen atoms in total.